The number of nitrogens with zero attached hydrogens (tertiary/aromatic N) is 2. The number of rotatable bonds is 1. The molecule has 0 atom stereocenters. The van der Waals surface area contributed by atoms with Crippen LogP contribution in [0.2, 0.25) is 5.02 Å². The third-order valence-electron chi connectivity index (χ3n) is 1.93. The van der Waals surface area contributed by atoms with Crippen molar-refractivity contribution in [1.29, 1.82) is 0 Å². The third-order valence-corrected chi connectivity index (χ3v) is 2.23. The summed E-state index contributed by atoms with van der Waals surface area (Å²) in [5, 5.41) is 4.77. The van der Waals surface area contributed by atoms with Gasteiger partial charge in [-0.25, -0.2) is 4.68 Å². The molecule has 0 radical (unpaired) electrons. The molecule has 0 saturated heterocycles. The molecular weight excluding hydrogens is 198 g/mol. The lowest BCUT2D eigenvalue weighted by Crippen LogP contribution is -1.96. The van der Waals surface area contributed by atoms with Gasteiger partial charge in [0.25, 0.3) is 0 Å². The predicted molar refractivity (Wildman–Crippen MR) is 57.7 cm³/mol. The number of aryl methyl sites for hydroxylation is 1. The van der Waals surface area contributed by atoms with Crippen LogP contribution in [0.4, 0.5) is 5.69 Å². The van der Waals surface area contributed by atoms with Crippen LogP contribution in [0.3, 0.4) is 0 Å². The molecular formula is C10H10ClN3. The standard InChI is InChI=1S/C10H10ClN3/c1-7-5-13-14(6-7)10-3-2-8(12)4-9(10)11/h2-6H,12H2,1H3. The fraction of sp³-hybridized carbons (Fsp3) is 0.100. The van der Waals surface area contributed by atoms with E-state index >= 15 is 0 Å². The number of aromatic nitrogens is 2. The molecule has 1 aromatic carbocycles. The second-order valence-corrected chi connectivity index (χ2v) is 3.58. The van der Waals surface area contributed by atoms with Crippen LogP contribution in [-0.2, 0) is 0 Å². The summed E-state index contributed by atoms with van der Waals surface area (Å²) in [6.07, 6.45) is 3.70. The molecule has 0 aliphatic carbocycles. The monoisotopic (exact) mass is 207 g/mol. The summed E-state index contributed by atoms with van der Waals surface area (Å²) in [7, 11) is 0. The first-order chi connectivity index (χ1) is 6.66. The van der Waals surface area contributed by atoms with E-state index in [0.29, 0.717) is 10.7 Å². The Morgan fingerprint density at radius 1 is 1.43 bits per heavy atom. The van der Waals surface area contributed by atoms with Gasteiger partial charge in [-0.1, -0.05) is 11.6 Å². The number of anilines is 1. The minimum Gasteiger partial charge on any atom is -0.399 e. The minimum atomic E-state index is 0.605. The van der Waals surface area contributed by atoms with Gasteiger partial charge in [0, 0.05) is 11.9 Å². The molecule has 2 rings (SSSR count). The number of nitrogen functional groups attached to an aromatic ring is 1. The highest BCUT2D eigenvalue weighted by Crippen LogP contribution is 2.22. The zero-order chi connectivity index (χ0) is 10.1. The Morgan fingerprint density at radius 3 is 2.79 bits per heavy atom. The number of hydrogen-bond donors (Lipinski definition) is 1. The molecule has 2 N–H and O–H groups in total. The summed E-state index contributed by atoms with van der Waals surface area (Å²) >= 11 is 6.03. The molecule has 0 unspecified atom stereocenters. The Bertz CT molecular complexity index is 462. The lowest BCUT2D eigenvalue weighted by Gasteiger charge is -2.04. The van der Waals surface area contributed by atoms with Crippen LogP contribution in [0.5, 0.6) is 0 Å². The Balaban J connectivity index is 2.52. The molecule has 0 saturated carbocycles. The first-order valence-electron chi connectivity index (χ1n) is 4.23. The number of hydrogen-bond acceptors (Lipinski definition) is 2. The van der Waals surface area contributed by atoms with Crippen LogP contribution in [0, 0.1) is 6.92 Å². The largest absolute Gasteiger partial charge is 0.399 e. The molecule has 72 valence electrons. The Kier molecular flexibility index (Phi) is 2.17. The maximum atomic E-state index is 6.03. The average Bonchev–Trinajstić information content (AvgIpc) is 2.51. The van der Waals surface area contributed by atoms with Crippen LogP contribution < -0.4 is 5.73 Å². The Hall–Kier alpha value is -1.48. The van der Waals surface area contributed by atoms with Crippen molar-refractivity contribution in [2.45, 2.75) is 6.92 Å². The highest BCUT2D eigenvalue weighted by atomic mass is 35.5. The summed E-state index contributed by atoms with van der Waals surface area (Å²) in [4.78, 5) is 0. The van der Waals surface area contributed by atoms with Crippen LogP contribution in [0.15, 0.2) is 30.6 Å². The SMILES string of the molecule is Cc1cnn(-c2ccc(N)cc2Cl)c1. The van der Waals surface area contributed by atoms with E-state index in [4.69, 9.17) is 17.3 Å². The molecule has 14 heavy (non-hydrogen) atoms. The van der Waals surface area contributed by atoms with Gasteiger partial charge in [0.15, 0.2) is 0 Å². The molecule has 3 nitrogen and oxygen atoms in total. The van der Waals surface area contributed by atoms with Gasteiger partial charge < -0.3 is 5.73 Å². The van der Waals surface area contributed by atoms with E-state index in [-0.39, 0.29) is 0 Å². The fourth-order valence-electron chi connectivity index (χ4n) is 1.25. The van der Waals surface area contributed by atoms with E-state index in [1.165, 1.54) is 0 Å². The highest BCUT2D eigenvalue weighted by Gasteiger charge is 2.03. The van der Waals surface area contributed by atoms with Crippen molar-refractivity contribution in [2.75, 3.05) is 5.73 Å². The van der Waals surface area contributed by atoms with E-state index in [1.54, 1.807) is 23.0 Å². The van der Waals surface area contributed by atoms with Crippen molar-refractivity contribution in [3.8, 4) is 5.69 Å². The van der Waals surface area contributed by atoms with Crippen molar-refractivity contribution < 1.29 is 0 Å². The molecule has 4 heteroatoms. The zero-order valence-corrected chi connectivity index (χ0v) is 8.49. The first kappa shape index (κ1) is 9.09. The molecule has 0 bridgehead atoms. The van der Waals surface area contributed by atoms with Crippen LogP contribution in [0.1, 0.15) is 5.56 Å². The van der Waals surface area contributed by atoms with Gasteiger partial charge >= 0.3 is 0 Å². The fourth-order valence-corrected chi connectivity index (χ4v) is 1.53. The lowest BCUT2D eigenvalue weighted by molar-refractivity contribution is 0.880. The van der Waals surface area contributed by atoms with Crippen molar-refractivity contribution in [2.24, 2.45) is 0 Å². The van der Waals surface area contributed by atoms with Gasteiger partial charge in [-0.3, -0.25) is 0 Å². The first-order valence-corrected chi connectivity index (χ1v) is 4.61. The summed E-state index contributed by atoms with van der Waals surface area (Å²) < 4.78 is 1.73. The van der Waals surface area contributed by atoms with E-state index < -0.39 is 0 Å². The molecule has 0 spiro atoms. The number of nitrogens with two attached hydrogens (primary N) is 1. The van der Waals surface area contributed by atoms with Gasteiger partial charge in [0.2, 0.25) is 0 Å². The van der Waals surface area contributed by atoms with E-state index in [0.717, 1.165) is 11.3 Å². The summed E-state index contributed by atoms with van der Waals surface area (Å²) in [6.45, 7) is 1.98. The molecule has 1 aromatic heterocycles. The normalized spacial score (nSPS) is 10.4. The Morgan fingerprint density at radius 2 is 2.21 bits per heavy atom. The van der Waals surface area contributed by atoms with Crippen molar-refractivity contribution in [3.63, 3.8) is 0 Å². The van der Waals surface area contributed by atoms with Crippen molar-refractivity contribution in [1.82, 2.24) is 9.78 Å². The Labute approximate surface area is 87.1 Å². The van der Waals surface area contributed by atoms with Crippen LogP contribution in [0.25, 0.3) is 5.69 Å². The van der Waals surface area contributed by atoms with Gasteiger partial charge in [0.05, 0.1) is 16.9 Å². The molecule has 1 heterocycles. The van der Waals surface area contributed by atoms with Crippen LogP contribution >= 0.6 is 11.6 Å². The van der Waals surface area contributed by atoms with Gasteiger partial charge in [-0.05, 0) is 30.7 Å². The maximum Gasteiger partial charge on any atom is 0.0833 e. The quantitative estimate of drug-likeness (QED) is 0.730. The highest BCUT2D eigenvalue weighted by molar-refractivity contribution is 6.32. The van der Waals surface area contributed by atoms with Gasteiger partial charge in [-0.15, -0.1) is 0 Å². The second kappa shape index (κ2) is 3.35. The summed E-state index contributed by atoms with van der Waals surface area (Å²) in [6, 6.07) is 5.37. The zero-order valence-electron chi connectivity index (χ0n) is 7.74. The average molecular weight is 208 g/mol. The van der Waals surface area contributed by atoms with E-state index in [2.05, 4.69) is 5.10 Å². The topological polar surface area (TPSA) is 43.8 Å². The molecule has 0 amide bonds. The third kappa shape index (κ3) is 1.59. The van der Waals surface area contributed by atoms with Gasteiger partial charge in [-0.2, -0.15) is 5.10 Å². The van der Waals surface area contributed by atoms with E-state index in [9.17, 15) is 0 Å². The van der Waals surface area contributed by atoms with E-state index in [1.807, 2.05) is 19.2 Å². The lowest BCUT2D eigenvalue weighted by atomic mass is 10.3. The molecule has 0 aliphatic rings. The summed E-state index contributed by atoms with van der Waals surface area (Å²) in [5.74, 6) is 0. The molecule has 2 aromatic rings. The number of halogens is 1. The van der Waals surface area contributed by atoms with Gasteiger partial charge in [0.1, 0.15) is 0 Å². The predicted octanol–water partition coefficient (Wildman–Crippen LogP) is 2.42. The minimum absolute atomic E-state index is 0.605. The van der Waals surface area contributed by atoms with Crippen molar-refractivity contribution in [3.05, 3.63) is 41.2 Å². The smallest absolute Gasteiger partial charge is 0.0833 e. The maximum absolute atomic E-state index is 6.03. The molecule has 0 aliphatic heterocycles. The summed E-state index contributed by atoms with van der Waals surface area (Å²) in [5.41, 5.74) is 8.19. The van der Waals surface area contributed by atoms with Crippen molar-refractivity contribution >= 4 is 17.3 Å². The second-order valence-electron chi connectivity index (χ2n) is 3.17. The molecule has 0 fully saturated rings. The number of benzene rings is 1. The van der Waals surface area contributed by atoms with Crippen LogP contribution in [-0.4, -0.2) is 9.78 Å².